The lowest BCUT2D eigenvalue weighted by Crippen LogP contribution is -2.45. The van der Waals surface area contributed by atoms with Crippen LogP contribution >= 0.6 is 11.3 Å². The van der Waals surface area contributed by atoms with E-state index in [4.69, 9.17) is 0 Å². The van der Waals surface area contributed by atoms with Crippen LogP contribution in [0.5, 0.6) is 0 Å². The molecule has 0 radical (unpaired) electrons. The molecule has 2 heterocycles. The molecule has 5 nitrogen and oxygen atoms in total. The number of piperidine rings is 1. The summed E-state index contributed by atoms with van der Waals surface area (Å²) in [4.78, 5) is 15.6. The van der Waals surface area contributed by atoms with Gasteiger partial charge in [-0.3, -0.25) is 4.90 Å². The molecule has 0 spiro atoms. The molecule has 1 saturated heterocycles. The van der Waals surface area contributed by atoms with Crippen LogP contribution in [0.2, 0.25) is 0 Å². The number of amides is 2. The Morgan fingerprint density at radius 2 is 2.09 bits per heavy atom. The number of thiophene rings is 1. The first kappa shape index (κ1) is 17.2. The van der Waals surface area contributed by atoms with Crippen molar-refractivity contribution in [2.75, 3.05) is 26.2 Å². The molecule has 0 aromatic carbocycles. The van der Waals surface area contributed by atoms with Gasteiger partial charge in [-0.2, -0.15) is 0 Å². The first-order valence-corrected chi connectivity index (χ1v) is 8.91. The molecular formula is C16H27N3O2S. The zero-order chi connectivity index (χ0) is 15.9. The van der Waals surface area contributed by atoms with Crippen LogP contribution in [0, 0.1) is 5.92 Å². The van der Waals surface area contributed by atoms with Gasteiger partial charge in [0, 0.05) is 18.0 Å². The molecule has 0 bridgehead atoms. The number of carbonyl (C=O) groups is 1. The van der Waals surface area contributed by atoms with Crippen molar-refractivity contribution in [3.05, 3.63) is 22.4 Å². The molecule has 2 rings (SSSR count). The van der Waals surface area contributed by atoms with Crippen LogP contribution in [0.1, 0.15) is 37.6 Å². The Morgan fingerprint density at radius 3 is 2.68 bits per heavy atom. The van der Waals surface area contributed by atoms with Gasteiger partial charge in [0.05, 0.1) is 12.1 Å². The summed E-state index contributed by atoms with van der Waals surface area (Å²) in [5.74, 6) is 0.794. The normalized spacial score (nSPS) is 19.6. The van der Waals surface area contributed by atoms with Crippen molar-refractivity contribution in [1.29, 1.82) is 0 Å². The second-order valence-corrected chi connectivity index (χ2v) is 7.17. The van der Waals surface area contributed by atoms with Crippen molar-refractivity contribution in [2.45, 2.75) is 38.8 Å². The van der Waals surface area contributed by atoms with E-state index in [-0.39, 0.29) is 18.6 Å². The molecule has 1 fully saturated rings. The number of carbonyl (C=O) groups excluding carboxylic acids is 1. The van der Waals surface area contributed by atoms with Gasteiger partial charge < -0.3 is 15.7 Å². The molecule has 6 heteroatoms. The highest BCUT2D eigenvalue weighted by Gasteiger charge is 2.25. The Balaban J connectivity index is 1.90. The average Bonchev–Trinajstić information content (AvgIpc) is 3.01. The Hall–Kier alpha value is -1.11. The predicted molar refractivity (Wildman–Crippen MR) is 90.1 cm³/mol. The molecule has 1 aliphatic rings. The van der Waals surface area contributed by atoms with Crippen LogP contribution in [0.4, 0.5) is 4.79 Å². The molecule has 0 aliphatic carbocycles. The van der Waals surface area contributed by atoms with Crippen molar-refractivity contribution < 1.29 is 9.90 Å². The highest BCUT2D eigenvalue weighted by molar-refractivity contribution is 7.10. The summed E-state index contributed by atoms with van der Waals surface area (Å²) in [6, 6.07) is 4.23. The van der Waals surface area contributed by atoms with Gasteiger partial charge >= 0.3 is 6.03 Å². The van der Waals surface area contributed by atoms with Gasteiger partial charge in [0.1, 0.15) is 0 Å². The minimum Gasteiger partial charge on any atom is -0.392 e. The monoisotopic (exact) mass is 325 g/mol. The fourth-order valence-corrected chi connectivity index (χ4v) is 3.58. The highest BCUT2D eigenvalue weighted by atomic mass is 32.1. The predicted octanol–water partition coefficient (Wildman–Crippen LogP) is 2.20. The second-order valence-electron chi connectivity index (χ2n) is 6.19. The maximum atomic E-state index is 11.8. The van der Waals surface area contributed by atoms with Crippen LogP contribution in [-0.2, 0) is 0 Å². The lowest BCUT2D eigenvalue weighted by molar-refractivity contribution is 0.137. The zero-order valence-electron chi connectivity index (χ0n) is 13.4. The average molecular weight is 325 g/mol. The number of likely N-dealkylation sites (tertiary alicyclic amines) is 1. The third-order valence-corrected chi connectivity index (χ3v) is 5.12. The Kier molecular flexibility index (Phi) is 6.67. The smallest absolute Gasteiger partial charge is 0.314 e. The van der Waals surface area contributed by atoms with Crippen LogP contribution in [-0.4, -0.2) is 48.3 Å². The van der Waals surface area contributed by atoms with E-state index < -0.39 is 6.10 Å². The maximum Gasteiger partial charge on any atom is 0.314 e. The van der Waals surface area contributed by atoms with Crippen molar-refractivity contribution >= 4 is 17.4 Å². The number of aliphatic hydroxyl groups excluding tert-OH is 1. The van der Waals surface area contributed by atoms with Gasteiger partial charge in [0.25, 0.3) is 0 Å². The van der Waals surface area contributed by atoms with E-state index >= 15 is 0 Å². The first-order chi connectivity index (χ1) is 10.6. The van der Waals surface area contributed by atoms with Gasteiger partial charge in [0.15, 0.2) is 0 Å². The molecule has 2 amide bonds. The van der Waals surface area contributed by atoms with E-state index in [0.717, 1.165) is 19.0 Å². The molecule has 1 aromatic heterocycles. The standard InChI is InChI=1S/C16H27N3O2S/c1-12-5-7-19(8-6-12)14(15-4-3-9-22-15)11-18-16(21)17-10-13(2)20/h3-4,9,12-14,20H,5-8,10-11H2,1-2H3,(H2,17,18,21)/t13-,14-/m1/s1. The van der Waals surface area contributed by atoms with Gasteiger partial charge in [-0.05, 0) is 50.2 Å². The summed E-state index contributed by atoms with van der Waals surface area (Å²) < 4.78 is 0. The lowest BCUT2D eigenvalue weighted by Gasteiger charge is -2.36. The van der Waals surface area contributed by atoms with Crippen molar-refractivity contribution in [2.24, 2.45) is 5.92 Å². The molecule has 22 heavy (non-hydrogen) atoms. The summed E-state index contributed by atoms with van der Waals surface area (Å²) in [5.41, 5.74) is 0. The minimum atomic E-state index is -0.526. The van der Waals surface area contributed by atoms with E-state index in [9.17, 15) is 9.90 Å². The van der Waals surface area contributed by atoms with Gasteiger partial charge in [-0.25, -0.2) is 4.79 Å². The van der Waals surface area contributed by atoms with Gasteiger partial charge in [0.2, 0.25) is 0 Å². The fourth-order valence-electron chi connectivity index (χ4n) is 2.72. The number of urea groups is 1. The summed E-state index contributed by atoms with van der Waals surface area (Å²) in [6.45, 7) is 7.00. The zero-order valence-corrected chi connectivity index (χ0v) is 14.2. The maximum absolute atomic E-state index is 11.8. The van der Waals surface area contributed by atoms with E-state index in [2.05, 4.69) is 40.0 Å². The van der Waals surface area contributed by atoms with Gasteiger partial charge in [-0.15, -0.1) is 11.3 Å². The third-order valence-electron chi connectivity index (χ3n) is 4.14. The number of nitrogens with zero attached hydrogens (tertiary/aromatic N) is 1. The first-order valence-electron chi connectivity index (χ1n) is 8.03. The van der Waals surface area contributed by atoms with E-state index in [1.54, 1.807) is 18.3 Å². The summed E-state index contributed by atoms with van der Waals surface area (Å²) in [6.07, 6.45) is 1.91. The minimum absolute atomic E-state index is 0.215. The molecular weight excluding hydrogens is 298 g/mol. The molecule has 2 atom stereocenters. The van der Waals surface area contributed by atoms with E-state index in [1.807, 2.05) is 0 Å². The van der Waals surface area contributed by atoms with Crippen LogP contribution in [0.15, 0.2) is 17.5 Å². The molecule has 3 N–H and O–H groups in total. The van der Waals surface area contributed by atoms with E-state index in [1.165, 1.54) is 17.7 Å². The van der Waals surface area contributed by atoms with Crippen LogP contribution < -0.4 is 10.6 Å². The van der Waals surface area contributed by atoms with Crippen molar-refractivity contribution in [3.8, 4) is 0 Å². The quantitative estimate of drug-likeness (QED) is 0.751. The van der Waals surface area contributed by atoms with Crippen LogP contribution in [0.25, 0.3) is 0 Å². The Morgan fingerprint density at radius 1 is 1.41 bits per heavy atom. The Labute approximate surface area is 136 Å². The fraction of sp³-hybridized carbons (Fsp3) is 0.688. The molecule has 0 unspecified atom stereocenters. The topological polar surface area (TPSA) is 64.6 Å². The number of rotatable bonds is 6. The third kappa shape index (κ3) is 5.26. The molecule has 124 valence electrons. The summed E-state index contributed by atoms with van der Waals surface area (Å²) >= 11 is 1.74. The largest absolute Gasteiger partial charge is 0.392 e. The number of aliphatic hydroxyl groups is 1. The van der Waals surface area contributed by atoms with Crippen molar-refractivity contribution in [1.82, 2.24) is 15.5 Å². The molecule has 1 aromatic rings. The summed E-state index contributed by atoms with van der Waals surface area (Å²) in [5, 5.41) is 16.9. The van der Waals surface area contributed by atoms with Crippen LogP contribution in [0.3, 0.4) is 0 Å². The number of hydrogen-bond acceptors (Lipinski definition) is 4. The summed E-state index contributed by atoms with van der Waals surface area (Å²) in [7, 11) is 0. The lowest BCUT2D eigenvalue weighted by atomic mass is 9.97. The molecule has 1 aliphatic heterocycles. The molecule has 0 saturated carbocycles. The Bertz CT molecular complexity index is 442. The highest BCUT2D eigenvalue weighted by Crippen LogP contribution is 2.28. The van der Waals surface area contributed by atoms with Crippen molar-refractivity contribution in [3.63, 3.8) is 0 Å². The van der Waals surface area contributed by atoms with Gasteiger partial charge in [-0.1, -0.05) is 13.0 Å². The number of hydrogen-bond donors (Lipinski definition) is 3. The number of nitrogens with one attached hydrogen (secondary N) is 2. The van der Waals surface area contributed by atoms with E-state index in [0.29, 0.717) is 6.54 Å². The SMILES string of the molecule is CC1CCN([C@H](CNC(=O)NC[C@@H](C)O)c2cccs2)CC1. The second kappa shape index (κ2) is 8.50.